The van der Waals surface area contributed by atoms with Crippen molar-refractivity contribution in [1.82, 2.24) is 10.2 Å². The van der Waals surface area contributed by atoms with Crippen LogP contribution in [0.25, 0.3) is 0 Å². The zero-order valence-electron chi connectivity index (χ0n) is 11.1. The molecule has 2 amide bonds. The van der Waals surface area contributed by atoms with Crippen LogP contribution in [0.2, 0.25) is 0 Å². The first-order valence-electron chi connectivity index (χ1n) is 7.03. The van der Waals surface area contributed by atoms with Crippen molar-refractivity contribution in [3.63, 3.8) is 0 Å². The largest absolute Gasteiger partial charge is 0.334 e. The molecule has 0 aromatic carbocycles. The van der Waals surface area contributed by atoms with E-state index >= 15 is 0 Å². The average molecular weight is 241 g/mol. The lowest BCUT2D eigenvalue weighted by Crippen LogP contribution is -2.47. The Morgan fingerprint density at radius 3 is 2.47 bits per heavy atom. The first-order chi connectivity index (χ1) is 8.27. The summed E-state index contributed by atoms with van der Waals surface area (Å²) in [5, 5.41) is 3.06. The Morgan fingerprint density at radius 1 is 1.29 bits per heavy atom. The van der Waals surface area contributed by atoms with E-state index in [0.29, 0.717) is 6.54 Å². The molecule has 17 heavy (non-hydrogen) atoms. The number of nitrogens with one attached hydrogen (secondary N) is 1. The summed E-state index contributed by atoms with van der Waals surface area (Å²) in [5.41, 5.74) is 5.69. The van der Waals surface area contributed by atoms with Gasteiger partial charge in [0.05, 0.1) is 0 Å². The highest BCUT2D eigenvalue weighted by Gasteiger charge is 2.17. The summed E-state index contributed by atoms with van der Waals surface area (Å²) in [6.07, 6.45) is 8.04. The normalized spacial score (nSPS) is 18.6. The van der Waals surface area contributed by atoms with Crippen molar-refractivity contribution < 1.29 is 4.79 Å². The number of amides is 2. The summed E-state index contributed by atoms with van der Waals surface area (Å²) in [6.45, 7) is 4.50. The minimum absolute atomic E-state index is 0.0819. The van der Waals surface area contributed by atoms with Crippen molar-refractivity contribution in [2.45, 2.75) is 57.9 Å². The minimum atomic E-state index is 0.0819. The molecule has 100 valence electrons. The smallest absolute Gasteiger partial charge is 0.317 e. The molecular formula is C13H27N3O. The van der Waals surface area contributed by atoms with Crippen LogP contribution in [0.15, 0.2) is 0 Å². The molecule has 0 bridgehead atoms. The number of hydrogen-bond acceptors (Lipinski definition) is 2. The van der Waals surface area contributed by atoms with Crippen LogP contribution >= 0.6 is 0 Å². The Balaban J connectivity index is 2.34. The van der Waals surface area contributed by atoms with Crippen molar-refractivity contribution >= 4 is 6.03 Å². The van der Waals surface area contributed by atoms with E-state index in [1.54, 1.807) is 0 Å². The predicted molar refractivity (Wildman–Crippen MR) is 70.9 cm³/mol. The van der Waals surface area contributed by atoms with Crippen molar-refractivity contribution in [2.75, 3.05) is 19.6 Å². The van der Waals surface area contributed by atoms with Gasteiger partial charge in [0.1, 0.15) is 0 Å². The standard InChI is InChI=1S/C13H27N3O/c1-2-3-8-12(11-14)15-13(17)16-9-6-4-5-7-10-16/h12H,2-11,14H2,1H3,(H,15,17). The summed E-state index contributed by atoms with van der Waals surface area (Å²) in [5.74, 6) is 0. The molecule has 0 aromatic rings. The van der Waals surface area contributed by atoms with E-state index in [9.17, 15) is 4.79 Å². The maximum absolute atomic E-state index is 12.0. The average Bonchev–Trinajstić information content (AvgIpc) is 2.63. The van der Waals surface area contributed by atoms with Gasteiger partial charge in [0.15, 0.2) is 0 Å². The molecule has 0 aromatic heterocycles. The van der Waals surface area contributed by atoms with Crippen molar-refractivity contribution in [2.24, 2.45) is 5.73 Å². The van der Waals surface area contributed by atoms with Crippen LogP contribution in [0.1, 0.15) is 51.9 Å². The molecule has 1 aliphatic heterocycles. The van der Waals surface area contributed by atoms with Gasteiger partial charge in [0, 0.05) is 25.7 Å². The van der Waals surface area contributed by atoms with Crippen LogP contribution in [0.5, 0.6) is 0 Å². The number of likely N-dealkylation sites (tertiary alicyclic amines) is 1. The summed E-state index contributed by atoms with van der Waals surface area (Å²) in [6, 6.07) is 0.226. The topological polar surface area (TPSA) is 58.4 Å². The maximum Gasteiger partial charge on any atom is 0.317 e. The molecule has 1 saturated heterocycles. The van der Waals surface area contributed by atoms with Crippen LogP contribution < -0.4 is 11.1 Å². The Morgan fingerprint density at radius 2 is 1.94 bits per heavy atom. The highest BCUT2D eigenvalue weighted by Crippen LogP contribution is 2.10. The Hall–Kier alpha value is -0.770. The van der Waals surface area contributed by atoms with Crippen LogP contribution in [0, 0.1) is 0 Å². The number of carbonyl (C=O) groups excluding carboxylic acids is 1. The van der Waals surface area contributed by atoms with E-state index in [2.05, 4.69) is 12.2 Å². The third-order valence-electron chi connectivity index (χ3n) is 3.41. The van der Waals surface area contributed by atoms with Gasteiger partial charge in [-0.1, -0.05) is 32.6 Å². The van der Waals surface area contributed by atoms with Gasteiger partial charge < -0.3 is 16.0 Å². The number of nitrogens with zero attached hydrogens (tertiary/aromatic N) is 1. The lowest BCUT2D eigenvalue weighted by Gasteiger charge is -2.24. The molecule has 1 heterocycles. The number of carbonyl (C=O) groups is 1. The zero-order chi connectivity index (χ0) is 12.5. The Bertz CT molecular complexity index is 213. The molecule has 0 radical (unpaired) electrons. The monoisotopic (exact) mass is 241 g/mol. The van der Waals surface area contributed by atoms with E-state index < -0.39 is 0 Å². The molecule has 1 rings (SSSR count). The molecule has 0 saturated carbocycles. The second kappa shape index (κ2) is 8.34. The second-order valence-corrected chi connectivity index (χ2v) is 4.93. The van der Waals surface area contributed by atoms with Gasteiger partial charge in [-0.25, -0.2) is 4.79 Å². The molecule has 4 heteroatoms. The summed E-state index contributed by atoms with van der Waals surface area (Å²) >= 11 is 0. The van der Waals surface area contributed by atoms with E-state index in [0.717, 1.165) is 45.2 Å². The van der Waals surface area contributed by atoms with Gasteiger partial charge in [-0.3, -0.25) is 0 Å². The van der Waals surface area contributed by atoms with E-state index in [4.69, 9.17) is 5.73 Å². The van der Waals surface area contributed by atoms with Gasteiger partial charge in [0.25, 0.3) is 0 Å². The summed E-state index contributed by atoms with van der Waals surface area (Å²) in [7, 11) is 0. The van der Waals surface area contributed by atoms with E-state index in [1.807, 2.05) is 4.90 Å². The summed E-state index contributed by atoms with van der Waals surface area (Å²) < 4.78 is 0. The molecular weight excluding hydrogens is 214 g/mol. The first kappa shape index (κ1) is 14.3. The molecule has 4 nitrogen and oxygen atoms in total. The first-order valence-corrected chi connectivity index (χ1v) is 7.03. The zero-order valence-corrected chi connectivity index (χ0v) is 11.1. The van der Waals surface area contributed by atoms with Gasteiger partial charge in [0.2, 0.25) is 0 Å². The fraction of sp³-hybridized carbons (Fsp3) is 0.923. The summed E-state index contributed by atoms with van der Waals surface area (Å²) in [4.78, 5) is 14.0. The Kier molecular flexibility index (Phi) is 7.01. The van der Waals surface area contributed by atoms with Crippen LogP contribution in [0.3, 0.4) is 0 Å². The molecule has 1 aliphatic rings. The van der Waals surface area contributed by atoms with Crippen molar-refractivity contribution in [3.05, 3.63) is 0 Å². The van der Waals surface area contributed by atoms with E-state index in [1.165, 1.54) is 12.8 Å². The lowest BCUT2D eigenvalue weighted by atomic mass is 10.1. The van der Waals surface area contributed by atoms with Gasteiger partial charge >= 0.3 is 6.03 Å². The maximum atomic E-state index is 12.0. The lowest BCUT2D eigenvalue weighted by molar-refractivity contribution is 0.195. The van der Waals surface area contributed by atoms with Crippen LogP contribution in [0.4, 0.5) is 4.79 Å². The highest BCUT2D eigenvalue weighted by atomic mass is 16.2. The van der Waals surface area contributed by atoms with E-state index in [-0.39, 0.29) is 12.1 Å². The highest BCUT2D eigenvalue weighted by molar-refractivity contribution is 5.74. The Labute approximate surface area is 105 Å². The fourth-order valence-electron chi connectivity index (χ4n) is 2.24. The SMILES string of the molecule is CCCCC(CN)NC(=O)N1CCCCCC1. The number of rotatable bonds is 5. The quantitative estimate of drug-likeness (QED) is 0.774. The number of unbranched alkanes of at least 4 members (excludes halogenated alkanes) is 1. The third-order valence-corrected chi connectivity index (χ3v) is 3.41. The predicted octanol–water partition coefficient (Wildman–Crippen LogP) is 2.09. The molecule has 0 spiro atoms. The van der Waals surface area contributed by atoms with Gasteiger partial charge in [-0.15, -0.1) is 0 Å². The number of hydrogen-bond donors (Lipinski definition) is 2. The van der Waals surface area contributed by atoms with Crippen molar-refractivity contribution in [3.8, 4) is 0 Å². The van der Waals surface area contributed by atoms with Gasteiger partial charge in [-0.05, 0) is 19.3 Å². The molecule has 1 atom stereocenters. The van der Waals surface area contributed by atoms with Gasteiger partial charge in [-0.2, -0.15) is 0 Å². The fourth-order valence-corrected chi connectivity index (χ4v) is 2.24. The number of urea groups is 1. The van der Waals surface area contributed by atoms with Crippen LogP contribution in [-0.4, -0.2) is 36.6 Å². The second-order valence-electron chi connectivity index (χ2n) is 4.93. The van der Waals surface area contributed by atoms with Crippen LogP contribution in [-0.2, 0) is 0 Å². The minimum Gasteiger partial charge on any atom is -0.334 e. The molecule has 1 unspecified atom stereocenters. The molecule has 1 fully saturated rings. The number of nitrogens with two attached hydrogens (primary N) is 1. The molecule has 0 aliphatic carbocycles. The van der Waals surface area contributed by atoms with Crippen molar-refractivity contribution in [1.29, 1.82) is 0 Å². The third kappa shape index (κ3) is 5.39. The molecule has 3 N–H and O–H groups in total.